The molecule has 0 heterocycles. The molecular weight excluding hydrogens is 294 g/mol. The molecule has 0 saturated carbocycles. The summed E-state index contributed by atoms with van der Waals surface area (Å²) in [6.45, 7) is 1.58. The first-order valence-corrected chi connectivity index (χ1v) is 5.85. The van der Waals surface area contributed by atoms with Gasteiger partial charge in [-0.3, -0.25) is 4.79 Å². The molecule has 1 atom stereocenters. The lowest BCUT2D eigenvalue weighted by molar-refractivity contribution is -0.140. The molecule has 0 aliphatic heterocycles. The summed E-state index contributed by atoms with van der Waals surface area (Å²) in [5.41, 5.74) is 3.58. The molecule has 1 amide bonds. The maximum atomic E-state index is 13.1. The van der Waals surface area contributed by atoms with Crippen LogP contribution in [0.4, 0.5) is 23.2 Å². The Bertz CT molecular complexity index is 558. The molecule has 1 aromatic carbocycles. The largest absolute Gasteiger partial charge is 0.419 e. The number of hydrogen-bond donors (Lipinski definition) is 3. The number of carbonyl (C=O) groups is 1. The molecule has 0 bridgehead atoms. The number of nitrogens with two attached hydrogens (primary N) is 1. The third-order valence-corrected chi connectivity index (χ3v) is 2.74. The van der Waals surface area contributed by atoms with E-state index < -0.39 is 29.4 Å². The number of benzene rings is 1. The van der Waals surface area contributed by atoms with Gasteiger partial charge in [-0.2, -0.15) is 13.2 Å². The number of amidine groups is 1. The molecule has 5 nitrogen and oxygen atoms in total. The van der Waals surface area contributed by atoms with Gasteiger partial charge in [0.25, 0.3) is 0 Å². The Kier molecular flexibility index (Phi) is 5.12. The van der Waals surface area contributed by atoms with Crippen LogP contribution >= 0.6 is 0 Å². The van der Waals surface area contributed by atoms with E-state index in [-0.39, 0.29) is 17.9 Å². The number of rotatable bonds is 4. The fourth-order valence-electron chi connectivity index (χ4n) is 1.65. The van der Waals surface area contributed by atoms with Gasteiger partial charge in [0.2, 0.25) is 5.91 Å². The Morgan fingerprint density at radius 1 is 1.48 bits per heavy atom. The lowest BCUT2D eigenvalue weighted by atomic mass is 10.0. The van der Waals surface area contributed by atoms with E-state index >= 15 is 0 Å². The summed E-state index contributed by atoms with van der Waals surface area (Å²) in [6.07, 6.45) is -4.70. The molecule has 1 rings (SSSR count). The Morgan fingerprint density at radius 2 is 2.10 bits per heavy atom. The zero-order valence-electron chi connectivity index (χ0n) is 10.9. The Morgan fingerprint density at radius 3 is 2.57 bits per heavy atom. The number of halogens is 4. The second-order valence-electron chi connectivity index (χ2n) is 4.17. The van der Waals surface area contributed by atoms with Crippen molar-refractivity contribution in [1.82, 2.24) is 0 Å². The zero-order valence-corrected chi connectivity index (χ0v) is 10.9. The SMILES string of the molecule is CCC(C(=O)Nc1ccc(F)c(C(F)(F)F)c1)C(N)=NO. The van der Waals surface area contributed by atoms with Gasteiger partial charge in [0.1, 0.15) is 5.82 Å². The Labute approximate surface area is 117 Å². The Balaban J connectivity index is 3.01. The van der Waals surface area contributed by atoms with E-state index in [1.165, 1.54) is 0 Å². The van der Waals surface area contributed by atoms with Crippen molar-refractivity contribution in [2.24, 2.45) is 16.8 Å². The van der Waals surface area contributed by atoms with Gasteiger partial charge in [-0.15, -0.1) is 0 Å². The average Bonchev–Trinajstić information content (AvgIpc) is 2.40. The number of anilines is 1. The van der Waals surface area contributed by atoms with Gasteiger partial charge < -0.3 is 16.3 Å². The fraction of sp³-hybridized carbons (Fsp3) is 0.333. The van der Waals surface area contributed by atoms with Crippen molar-refractivity contribution in [2.75, 3.05) is 5.32 Å². The van der Waals surface area contributed by atoms with Crippen LogP contribution in [-0.4, -0.2) is 17.0 Å². The molecule has 0 spiro atoms. The molecule has 0 aliphatic rings. The first-order valence-electron chi connectivity index (χ1n) is 5.85. The minimum Gasteiger partial charge on any atom is -0.409 e. The molecule has 0 fully saturated rings. The Hall–Kier alpha value is -2.32. The van der Waals surface area contributed by atoms with Crippen LogP contribution in [0.2, 0.25) is 0 Å². The summed E-state index contributed by atoms with van der Waals surface area (Å²) in [6, 6.07) is 2.07. The summed E-state index contributed by atoms with van der Waals surface area (Å²) in [7, 11) is 0. The molecule has 4 N–H and O–H groups in total. The van der Waals surface area contributed by atoms with Crippen LogP contribution in [0.5, 0.6) is 0 Å². The number of hydrogen-bond acceptors (Lipinski definition) is 3. The van der Waals surface area contributed by atoms with Crippen LogP contribution in [-0.2, 0) is 11.0 Å². The van der Waals surface area contributed by atoms with Crippen molar-refractivity contribution in [3.8, 4) is 0 Å². The quantitative estimate of drug-likeness (QED) is 0.263. The lowest BCUT2D eigenvalue weighted by Crippen LogP contribution is -2.34. The number of nitrogens with one attached hydrogen (secondary N) is 1. The number of carbonyl (C=O) groups excluding carboxylic acids is 1. The molecule has 0 saturated heterocycles. The molecular formula is C12H13F4N3O2. The van der Waals surface area contributed by atoms with Crippen molar-refractivity contribution in [3.63, 3.8) is 0 Å². The van der Waals surface area contributed by atoms with E-state index in [9.17, 15) is 22.4 Å². The smallest absolute Gasteiger partial charge is 0.409 e. The first kappa shape index (κ1) is 16.7. The third-order valence-electron chi connectivity index (χ3n) is 2.74. The predicted molar refractivity (Wildman–Crippen MR) is 67.2 cm³/mol. The number of amides is 1. The fourth-order valence-corrected chi connectivity index (χ4v) is 1.65. The van der Waals surface area contributed by atoms with E-state index in [0.717, 1.165) is 6.07 Å². The van der Waals surface area contributed by atoms with E-state index in [0.29, 0.717) is 12.1 Å². The second kappa shape index (κ2) is 6.42. The minimum atomic E-state index is -4.87. The zero-order chi connectivity index (χ0) is 16.2. The molecule has 9 heteroatoms. The van der Waals surface area contributed by atoms with E-state index in [1.54, 1.807) is 6.92 Å². The monoisotopic (exact) mass is 307 g/mol. The topological polar surface area (TPSA) is 87.7 Å². The highest BCUT2D eigenvalue weighted by Crippen LogP contribution is 2.33. The number of oxime groups is 1. The summed E-state index contributed by atoms with van der Waals surface area (Å²) < 4.78 is 50.8. The molecule has 1 aromatic rings. The van der Waals surface area contributed by atoms with Gasteiger partial charge in [0, 0.05) is 5.69 Å². The van der Waals surface area contributed by atoms with Crippen LogP contribution in [0, 0.1) is 11.7 Å². The molecule has 0 aromatic heterocycles. The van der Waals surface area contributed by atoms with Gasteiger partial charge in [-0.25, -0.2) is 4.39 Å². The number of nitrogens with zero attached hydrogens (tertiary/aromatic N) is 1. The van der Waals surface area contributed by atoms with Crippen LogP contribution in [0.15, 0.2) is 23.4 Å². The van der Waals surface area contributed by atoms with E-state index in [1.807, 2.05) is 0 Å². The molecule has 0 aliphatic carbocycles. The normalized spacial score (nSPS) is 13.9. The first-order chi connectivity index (χ1) is 9.70. The van der Waals surface area contributed by atoms with Gasteiger partial charge in [-0.05, 0) is 24.6 Å². The average molecular weight is 307 g/mol. The molecule has 21 heavy (non-hydrogen) atoms. The molecule has 0 radical (unpaired) electrons. The van der Waals surface area contributed by atoms with Crippen molar-refractivity contribution in [1.29, 1.82) is 0 Å². The van der Waals surface area contributed by atoms with Crippen molar-refractivity contribution < 1.29 is 27.6 Å². The van der Waals surface area contributed by atoms with Gasteiger partial charge >= 0.3 is 6.18 Å². The second-order valence-corrected chi connectivity index (χ2v) is 4.17. The standard InChI is InChI=1S/C12H13F4N3O2/c1-2-7(10(17)19-21)11(20)18-6-3-4-9(13)8(5-6)12(14,15)16/h3-5,7,21H,2H2,1H3,(H2,17,19)(H,18,20). The van der Waals surface area contributed by atoms with Gasteiger partial charge in [-0.1, -0.05) is 12.1 Å². The van der Waals surface area contributed by atoms with E-state index in [2.05, 4.69) is 10.5 Å². The highest BCUT2D eigenvalue weighted by atomic mass is 19.4. The molecule has 116 valence electrons. The van der Waals surface area contributed by atoms with Crippen LogP contribution in [0.1, 0.15) is 18.9 Å². The summed E-state index contributed by atoms with van der Waals surface area (Å²) in [4.78, 5) is 11.8. The highest BCUT2D eigenvalue weighted by molar-refractivity contribution is 6.07. The van der Waals surface area contributed by atoms with Crippen LogP contribution in [0.25, 0.3) is 0 Å². The van der Waals surface area contributed by atoms with Crippen molar-refractivity contribution in [3.05, 3.63) is 29.6 Å². The van der Waals surface area contributed by atoms with Gasteiger partial charge in [0.05, 0.1) is 11.5 Å². The van der Waals surface area contributed by atoms with Crippen LogP contribution in [0.3, 0.4) is 0 Å². The van der Waals surface area contributed by atoms with E-state index in [4.69, 9.17) is 10.9 Å². The van der Waals surface area contributed by atoms with Gasteiger partial charge in [0.15, 0.2) is 5.84 Å². The molecule has 1 unspecified atom stereocenters. The van der Waals surface area contributed by atoms with Crippen LogP contribution < -0.4 is 11.1 Å². The predicted octanol–water partition coefficient (Wildman–Crippen LogP) is 2.56. The summed E-state index contributed by atoms with van der Waals surface area (Å²) >= 11 is 0. The van der Waals surface area contributed by atoms with Crippen molar-refractivity contribution in [2.45, 2.75) is 19.5 Å². The maximum Gasteiger partial charge on any atom is 0.419 e. The highest BCUT2D eigenvalue weighted by Gasteiger charge is 2.34. The number of alkyl halides is 3. The summed E-state index contributed by atoms with van der Waals surface area (Å²) in [5, 5.41) is 13.4. The summed E-state index contributed by atoms with van der Waals surface area (Å²) in [5.74, 6) is -3.57. The van der Waals surface area contributed by atoms with Crippen molar-refractivity contribution >= 4 is 17.4 Å². The third kappa shape index (κ3) is 4.07. The lowest BCUT2D eigenvalue weighted by Gasteiger charge is -2.15. The minimum absolute atomic E-state index is 0.176. The maximum absolute atomic E-state index is 13.1.